The van der Waals surface area contributed by atoms with Gasteiger partial charge in [-0.05, 0) is 76.3 Å². The molecule has 4 aliphatic carbocycles. The first-order valence-corrected chi connectivity index (χ1v) is 9.92. The van der Waals surface area contributed by atoms with Crippen LogP contribution in [0.3, 0.4) is 0 Å². The first-order chi connectivity index (χ1) is 10.5. The predicted octanol–water partition coefficient (Wildman–Crippen LogP) is 3.75. The third-order valence-electron chi connectivity index (χ3n) is 6.61. The molecule has 3 nitrogen and oxygen atoms in total. The molecule has 4 heteroatoms. The van der Waals surface area contributed by atoms with E-state index in [1.165, 1.54) is 19.3 Å². The second-order valence-electron chi connectivity index (χ2n) is 8.46. The number of rotatable bonds is 3. The quantitative estimate of drug-likeness (QED) is 0.560. The number of hydrogen-bond donors (Lipinski definition) is 0. The Morgan fingerprint density at radius 3 is 2.64 bits per heavy atom. The van der Waals surface area contributed by atoms with E-state index >= 15 is 0 Å². The van der Waals surface area contributed by atoms with Crippen molar-refractivity contribution in [3.63, 3.8) is 0 Å². The summed E-state index contributed by atoms with van der Waals surface area (Å²) in [6, 6.07) is 0. The minimum absolute atomic E-state index is 0.125. The Bertz CT molecular complexity index is 452. The number of carbonyl (C=O) groups is 1. The number of nitrogens with zero attached hydrogens (tertiary/aromatic N) is 1. The van der Waals surface area contributed by atoms with Crippen LogP contribution in [0.15, 0.2) is 0 Å². The summed E-state index contributed by atoms with van der Waals surface area (Å²) >= 11 is 3.99. The molecule has 0 aromatic heterocycles. The standard InChI is InChI=1S/C18H28BrNO2/c1-2-20-5-3-4-15(11-20)22-16(21)17-7-13-6-14(8-17)10-18(19,9-13)12-17/h13-15H,2-12H2,1H3. The predicted molar refractivity (Wildman–Crippen MR) is 90.0 cm³/mol. The van der Waals surface area contributed by atoms with Gasteiger partial charge >= 0.3 is 5.97 Å². The van der Waals surface area contributed by atoms with Crippen LogP contribution in [0.25, 0.3) is 0 Å². The van der Waals surface area contributed by atoms with Crippen molar-refractivity contribution in [2.45, 2.75) is 68.7 Å². The highest BCUT2D eigenvalue weighted by Gasteiger charge is 2.60. The van der Waals surface area contributed by atoms with Crippen molar-refractivity contribution >= 4 is 21.9 Å². The summed E-state index contributed by atoms with van der Waals surface area (Å²) in [5.41, 5.74) is -0.165. The molecule has 0 aromatic carbocycles. The molecule has 5 rings (SSSR count). The van der Waals surface area contributed by atoms with E-state index < -0.39 is 0 Å². The molecule has 4 bridgehead atoms. The number of carbonyl (C=O) groups excluding carboxylic acids is 1. The fourth-order valence-electron chi connectivity index (χ4n) is 6.06. The van der Waals surface area contributed by atoms with Gasteiger partial charge in [0.25, 0.3) is 0 Å². The smallest absolute Gasteiger partial charge is 0.312 e. The number of piperidine rings is 1. The van der Waals surface area contributed by atoms with Crippen LogP contribution in [0, 0.1) is 17.3 Å². The molecule has 1 heterocycles. The average molecular weight is 370 g/mol. The Morgan fingerprint density at radius 1 is 1.27 bits per heavy atom. The summed E-state index contributed by atoms with van der Waals surface area (Å²) < 4.78 is 6.29. The number of hydrogen-bond acceptors (Lipinski definition) is 3. The van der Waals surface area contributed by atoms with Gasteiger partial charge in [0.05, 0.1) is 5.41 Å². The Kier molecular flexibility index (Phi) is 3.84. The second kappa shape index (κ2) is 5.47. The molecule has 0 amide bonds. The Balaban J connectivity index is 1.46. The zero-order valence-electron chi connectivity index (χ0n) is 13.7. The van der Waals surface area contributed by atoms with Gasteiger partial charge in [0.2, 0.25) is 0 Å². The van der Waals surface area contributed by atoms with Crippen molar-refractivity contribution in [2.75, 3.05) is 19.6 Å². The number of halogens is 1. The maximum atomic E-state index is 13.0. The van der Waals surface area contributed by atoms with E-state index in [9.17, 15) is 4.79 Å². The van der Waals surface area contributed by atoms with Crippen LogP contribution in [0.5, 0.6) is 0 Å². The molecule has 1 saturated heterocycles. The monoisotopic (exact) mass is 369 g/mol. The minimum atomic E-state index is -0.165. The zero-order valence-corrected chi connectivity index (χ0v) is 15.2. The van der Waals surface area contributed by atoms with Gasteiger partial charge in [-0.25, -0.2) is 0 Å². The molecule has 5 aliphatic rings. The van der Waals surface area contributed by atoms with E-state index in [1.807, 2.05) is 0 Å². The van der Waals surface area contributed by atoms with E-state index in [-0.39, 0.29) is 21.8 Å². The number of likely N-dealkylation sites (N-methyl/N-ethyl adjacent to an activating group) is 1. The van der Waals surface area contributed by atoms with Gasteiger partial charge in [0.15, 0.2) is 0 Å². The lowest BCUT2D eigenvalue weighted by Crippen LogP contribution is -2.57. The summed E-state index contributed by atoms with van der Waals surface area (Å²) in [6.07, 6.45) is 9.39. The summed E-state index contributed by atoms with van der Waals surface area (Å²) in [6.45, 7) is 5.35. The van der Waals surface area contributed by atoms with Crippen molar-refractivity contribution in [1.29, 1.82) is 0 Å². The van der Waals surface area contributed by atoms with Crippen LogP contribution in [-0.2, 0) is 9.53 Å². The topological polar surface area (TPSA) is 29.5 Å². The lowest BCUT2D eigenvalue weighted by Gasteiger charge is -2.59. The van der Waals surface area contributed by atoms with Crippen molar-refractivity contribution < 1.29 is 9.53 Å². The van der Waals surface area contributed by atoms with Crippen molar-refractivity contribution in [3.05, 3.63) is 0 Å². The summed E-state index contributed by atoms with van der Waals surface area (Å²) in [5, 5.41) is 0. The number of alkyl halides is 1. The zero-order chi connectivity index (χ0) is 15.4. The van der Waals surface area contributed by atoms with Crippen LogP contribution in [-0.4, -0.2) is 40.9 Å². The first kappa shape index (κ1) is 15.4. The maximum absolute atomic E-state index is 13.0. The van der Waals surface area contributed by atoms with E-state index in [1.54, 1.807) is 0 Å². The van der Waals surface area contributed by atoms with Crippen molar-refractivity contribution in [1.82, 2.24) is 4.90 Å². The highest BCUT2D eigenvalue weighted by molar-refractivity contribution is 9.10. The van der Waals surface area contributed by atoms with Crippen LogP contribution in [0.4, 0.5) is 0 Å². The SMILES string of the molecule is CCN1CCCC(OC(=O)C23CC4CC(CC(Br)(C4)C2)C3)C1. The highest BCUT2D eigenvalue weighted by atomic mass is 79.9. The van der Waals surface area contributed by atoms with Gasteiger partial charge in [0.1, 0.15) is 6.10 Å². The normalized spacial score (nSPS) is 47.6. The number of ether oxygens (including phenoxy) is 1. The van der Waals surface area contributed by atoms with E-state index in [0.717, 1.165) is 63.6 Å². The fourth-order valence-corrected chi connectivity index (χ4v) is 7.51. The Morgan fingerprint density at radius 2 is 2.00 bits per heavy atom. The average Bonchev–Trinajstić information content (AvgIpc) is 2.45. The third-order valence-corrected chi connectivity index (χ3v) is 7.53. The van der Waals surface area contributed by atoms with E-state index in [0.29, 0.717) is 0 Å². The molecular formula is C18H28BrNO2. The fraction of sp³-hybridized carbons (Fsp3) is 0.944. The van der Waals surface area contributed by atoms with Crippen LogP contribution in [0.2, 0.25) is 0 Å². The lowest BCUT2D eigenvalue weighted by atomic mass is 9.49. The molecule has 1 aliphatic heterocycles. The van der Waals surface area contributed by atoms with Gasteiger partial charge in [-0.15, -0.1) is 0 Å². The molecule has 0 aromatic rings. The van der Waals surface area contributed by atoms with Crippen LogP contribution < -0.4 is 0 Å². The molecule has 3 unspecified atom stereocenters. The molecule has 0 radical (unpaired) electrons. The Labute approximate surface area is 142 Å². The third kappa shape index (κ3) is 2.64. The first-order valence-electron chi connectivity index (χ1n) is 9.13. The van der Waals surface area contributed by atoms with Crippen molar-refractivity contribution in [3.8, 4) is 0 Å². The van der Waals surface area contributed by atoms with Gasteiger partial charge in [-0.2, -0.15) is 0 Å². The van der Waals surface area contributed by atoms with Gasteiger partial charge in [-0.3, -0.25) is 9.69 Å². The van der Waals surface area contributed by atoms with Gasteiger partial charge in [0, 0.05) is 10.9 Å². The summed E-state index contributed by atoms with van der Waals surface area (Å²) in [4.78, 5) is 15.5. The molecule has 124 valence electrons. The highest BCUT2D eigenvalue weighted by Crippen LogP contribution is 2.64. The number of likely N-dealkylation sites (tertiary alicyclic amines) is 1. The Hall–Kier alpha value is -0.0900. The largest absolute Gasteiger partial charge is 0.461 e. The summed E-state index contributed by atoms with van der Waals surface area (Å²) in [5.74, 6) is 1.62. The molecule has 0 spiro atoms. The van der Waals surface area contributed by atoms with Crippen molar-refractivity contribution in [2.24, 2.45) is 17.3 Å². The minimum Gasteiger partial charge on any atom is -0.461 e. The molecule has 3 atom stereocenters. The van der Waals surface area contributed by atoms with Crippen LogP contribution >= 0.6 is 15.9 Å². The van der Waals surface area contributed by atoms with E-state index in [4.69, 9.17) is 4.74 Å². The van der Waals surface area contributed by atoms with E-state index in [2.05, 4.69) is 27.8 Å². The molecule has 5 fully saturated rings. The van der Waals surface area contributed by atoms with Gasteiger partial charge < -0.3 is 4.74 Å². The van der Waals surface area contributed by atoms with Gasteiger partial charge in [-0.1, -0.05) is 22.9 Å². The second-order valence-corrected chi connectivity index (χ2v) is 10.1. The molecule has 4 saturated carbocycles. The summed E-state index contributed by atoms with van der Waals surface area (Å²) in [7, 11) is 0. The maximum Gasteiger partial charge on any atom is 0.312 e. The lowest BCUT2D eigenvalue weighted by molar-refractivity contribution is -0.177. The number of esters is 1. The molecule has 0 N–H and O–H groups in total. The molecular weight excluding hydrogens is 342 g/mol. The van der Waals surface area contributed by atoms with Crippen LogP contribution in [0.1, 0.15) is 58.3 Å². The molecule has 22 heavy (non-hydrogen) atoms.